The van der Waals surface area contributed by atoms with E-state index in [1.807, 2.05) is 13.8 Å². The largest absolute Gasteiger partial charge is 0.497 e. The van der Waals surface area contributed by atoms with Gasteiger partial charge in [-0.25, -0.2) is 12.8 Å². The minimum atomic E-state index is -4.24. The van der Waals surface area contributed by atoms with Crippen LogP contribution in [0.25, 0.3) is 0 Å². The van der Waals surface area contributed by atoms with E-state index in [-0.39, 0.29) is 33.8 Å². The molecule has 0 aliphatic carbocycles. The number of benzene rings is 3. The highest BCUT2D eigenvalue weighted by Crippen LogP contribution is 2.26. The monoisotopic (exact) mass is 513 g/mol. The lowest BCUT2D eigenvalue weighted by molar-refractivity contribution is -0.114. The van der Waals surface area contributed by atoms with Crippen molar-refractivity contribution < 1.29 is 27.1 Å². The molecule has 10 heteroatoms. The van der Waals surface area contributed by atoms with Crippen LogP contribution in [0.4, 0.5) is 15.8 Å². The summed E-state index contributed by atoms with van der Waals surface area (Å²) in [4.78, 5) is 25.6. The van der Waals surface area contributed by atoms with Crippen molar-refractivity contribution in [2.24, 2.45) is 0 Å². The standard InChI is InChI=1S/C26H28FN3O5S/c1-4-18(2)28-26(32)23-7-5-6-8-24(23)29-25(31)17-30(20-11-13-21(35-3)14-12-20)36(33,34)22-15-9-19(27)10-16-22/h5-16,18H,4,17H2,1-3H3,(H,28,32)(H,29,31)/t18-/m0/s1. The number of para-hydroxylation sites is 1. The summed E-state index contributed by atoms with van der Waals surface area (Å²) >= 11 is 0. The Labute approximate surface area is 210 Å². The molecule has 0 heterocycles. The van der Waals surface area contributed by atoms with Gasteiger partial charge in [0.25, 0.3) is 15.9 Å². The summed E-state index contributed by atoms with van der Waals surface area (Å²) < 4.78 is 46.4. The maximum atomic E-state index is 13.4. The average Bonchev–Trinajstić information content (AvgIpc) is 2.87. The van der Waals surface area contributed by atoms with Crippen LogP contribution in [0.1, 0.15) is 30.6 Å². The molecule has 3 aromatic rings. The van der Waals surface area contributed by atoms with E-state index in [4.69, 9.17) is 4.74 Å². The van der Waals surface area contributed by atoms with E-state index in [9.17, 15) is 22.4 Å². The molecule has 0 bridgehead atoms. The summed E-state index contributed by atoms with van der Waals surface area (Å²) in [5, 5.41) is 5.50. The van der Waals surface area contributed by atoms with E-state index in [0.717, 1.165) is 35.0 Å². The number of nitrogens with zero attached hydrogens (tertiary/aromatic N) is 1. The number of nitrogens with one attached hydrogen (secondary N) is 2. The van der Waals surface area contributed by atoms with Gasteiger partial charge >= 0.3 is 0 Å². The number of ether oxygens (including phenoxy) is 1. The van der Waals surface area contributed by atoms with Crippen molar-refractivity contribution in [3.05, 3.63) is 84.2 Å². The summed E-state index contributed by atoms with van der Waals surface area (Å²) in [5.41, 5.74) is 0.707. The molecular weight excluding hydrogens is 485 g/mol. The number of anilines is 2. The first-order valence-corrected chi connectivity index (χ1v) is 12.7. The predicted molar refractivity (Wildman–Crippen MR) is 136 cm³/mol. The average molecular weight is 514 g/mol. The van der Waals surface area contributed by atoms with Gasteiger partial charge in [-0.1, -0.05) is 19.1 Å². The molecule has 36 heavy (non-hydrogen) atoms. The number of hydrogen-bond acceptors (Lipinski definition) is 5. The maximum absolute atomic E-state index is 13.4. The first-order valence-electron chi connectivity index (χ1n) is 11.3. The topological polar surface area (TPSA) is 105 Å². The van der Waals surface area contributed by atoms with Crippen LogP contribution in [0, 0.1) is 5.82 Å². The number of sulfonamides is 1. The highest BCUT2D eigenvalue weighted by molar-refractivity contribution is 7.92. The molecule has 3 rings (SSSR count). The van der Waals surface area contributed by atoms with E-state index in [0.29, 0.717) is 5.75 Å². The zero-order valence-electron chi connectivity index (χ0n) is 20.2. The van der Waals surface area contributed by atoms with Gasteiger partial charge < -0.3 is 15.4 Å². The van der Waals surface area contributed by atoms with Crippen LogP contribution in [-0.2, 0) is 14.8 Å². The van der Waals surface area contributed by atoms with E-state index in [1.165, 1.54) is 19.2 Å². The quantitative estimate of drug-likeness (QED) is 0.423. The molecule has 2 amide bonds. The Morgan fingerprint density at radius 1 is 1.00 bits per heavy atom. The van der Waals surface area contributed by atoms with Crippen molar-refractivity contribution in [2.45, 2.75) is 31.2 Å². The Balaban J connectivity index is 1.91. The Hall–Kier alpha value is -3.92. The van der Waals surface area contributed by atoms with Crippen molar-refractivity contribution in [1.29, 1.82) is 0 Å². The van der Waals surface area contributed by atoms with Gasteiger partial charge in [0, 0.05) is 6.04 Å². The van der Waals surface area contributed by atoms with Gasteiger partial charge in [0.15, 0.2) is 0 Å². The van der Waals surface area contributed by atoms with E-state index in [2.05, 4.69) is 10.6 Å². The van der Waals surface area contributed by atoms with Crippen molar-refractivity contribution in [2.75, 3.05) is 23.3 Å². The number of carbonyl (C=O) groups is 2. The lowest BCUT2D eigenvalue weighted by atomic mass is 10.1. The normalized spacial score (nSPS) is 11.9. The molecule has 0 radical (unpaired) electrons. The first kappa shape index (κ1) is 26.7. The Morgan fingerprint density at radius 2 is 1.64 bits per heavy atom. The molecule has 0 unspecified atom stereocenters. The minimum Gasteiger partial charge on any atom is -0.497 e. The molecule has 0 saturated carbocycles. The Bertz CT molecular complexity index is 1310. The van der Waals surface area contributed by atoms with Crippen LogP contribution in [0.3, 0.4) is 0 Å². The van der Waals surface area contributed by atoms with Crippen LogP contribution in [0.5, 0.6) is 5.75 Å². The Morgan fingerprint density at radius 3 is 2.25 bits per heavy atom. The molecule has 0 aromatic heterocycles. The minimum absolute atomic E-state index is 0.0623. The third kappa shape index (κ3) is 6.39. The third-order valence-corrected chi connectivity index (χ3v) is 7.27. The predicted octanol–water partition coefficient (Wildman–Crippen LogP) is 4.20. The van der Waals surface area contributed by atoms with Gasteiger partial charge in [-0.3, -0.25) is 13.9 Å². The summed E-state index contributed by atoms with van der Waals surface area (Å²) in [6.07, 6.45) is 0.734. The second-order valence-corrected chi connectivity index (χ2v) is 9.90. The van der Waals surface area contributed by atoms with Crippen LogP contribution in [0.15, 0.2) is 77.7 Å². The summed E-state index contributed by atoms with van der Waals surface area (Å²) in [7, 11) is -2.76. The van der Waals surface area contributed by atoms with Gasteiger partial charge in [-0.15, -0.1) is 0 Å². The molecule has 190 valence electrons. The second kappa shape index (κ2) is 11.7. The summed E-state index contributed by atoms with van der Waals surface area (Å²) in [6, 6.07) is 16.9. The highest BCUT2D eigenvalue weighted by atomic mass is 32.2. The fourth-order valence-electron chi connectivity index (χ4n) is 3.31. The van der Waals surface area contributed by atoms with Crippen LogP contribution in [-0.4, -0.2) is 39.9 Å². The lowest BCUT2D eigenvalue weighted by Gasteiger charge is -2.24. The molecule has 0 aliphatic heterocycles. The molecular formula is C26H28FN3O5S. The second-order valence-electron chi connectivity index (χ2n) is 8.04. The van der Waals surface area contributed by atoms with Crippen molar-refractivity contribution in [1.82, 2.24) is 5.32 Å². The molecule has 2 N–H and O–H groups in total. The lowest BCUT2D eigenvalue weighted by Crippen LogP contribution is -2.38. The van der Waals surface area contributed by atoms with Gasteiger partial charge in [0.1, 0.15) is 18.1 Å². The van der Waals surface area contributed by atoms with Crippen molar-refractivity contribution >= 4 is 33.2 Å². The summed E-state index contributed by atoms with van der Waals surface area (Å²) in [5.74, 6) is -1.11. The van der Waals surface area contributed by atoms with E-state index >= 15 is 0 Å². The number of amides is 2. The van der Waals surface area contributed by atoms with Gasteiger partial charge in [0.2, 0.25) is 5.91 Å². The van der Waals surface area contributed by atoms with Crippen LogP contribution < -0.4 is 19.7 Å². The molecule has 3 aromatic carbocycles. The number of halogens is 1. The van der Waals surface area contributed by atoms with E-state index < -0.39 is 28.3 Å². The SMILES string of the molecule is CC[C@H](C)NC(=O)c1ccccc1NC(=O)CN(c1ccc(OC)cc1)S(=O)(=O)c1ccc(F)cc1. The zero-order valence-corrected chi connectivity index (χ0v) is 21.0. The molecule has 0 saturated heterocycles. The first-order chi connectivity index (χ1) is 17.1. The van der Waals surface area contributed by atoms with Crippen LogP contribution in [0.2, 0.25) is 0 Å². The fraction of sp³-hybridized carbons (Fsp3) is 0.231. The smallest absolute Gasteiger partial charge is 0.264 e. The highest BCUT2D eigenvalue weighted by Gasteiger charge is 2.28. The van der Waals surface area contributed by atoms with Gasteiger partial charge in [-0.2, -0.15) is 0 Å². The molecule has 0 fully saturated rings. The maximum Gasteiger partial charge on any atom is 0.264 e. The molecule has 8 nitrogen and oxygen atoms in total. The summed E-state index contributed by atoms with van der Waals surface area (Å²) in [6.45, 7) is 3.22. The number of methoxy groups -OCH3 is 1. The number of hydrogen-bond donors (Lipinski definition) is 2. The van der Waals surface area contributed by atoms with E-state index in [1.54, 1.807) is 36.4 Å². The van der Waals surface area contributed by atoms with Crippen molar-refractivity contribution in [3.63, 3.8) is 0 Å². The van der Waals surface area contributed by atoms with Crippen molar-refractivity contribution in [3.8, 4) is 5.75 Å². The van der Waals surface area contributed by atoms with Crippen LogP contribution >= 0.6 is 0 Å². The molecule has 1 atom stereocenters. The number of rotatable bonds is 10. The molecule has 0 aliphatic rings. The molecule has 0 spiro atoms. The van der Waals surface area contributed by atoms with Gasteiger partial charge in [-0.05, 0) is 74.0 Å². The zero-order chi connectivity index (χ0) is 26.3. The van der Waals surface area contributed by atoms with Gasteiger partial charge in [0.05, 0.1) is 28.9 Å². The fourth-order valence-corrected chi connectivity index (χ4v) is 4.73. The third-order valence-electron chi connectivity index (χ3n) is 5.48. The Kier molecular flexibility index (Phi) is 8.65. The number of carbonyl (C=O) groups excluding carboxylic acids is 2.